The minimum absolute atomic E-state index is 0.0437. The van der Waals surface area contributed by atoms with Crippen LogP contribution in [0.4, 0.5) is 10.1 Å². The van der Waals surface area contributed by atoms with Crippen molar-refractivity contribution in [3.05, 3.63) is 114 Å². The van der Waals surface area contributed by atoms with Crippen LogP contribution < -0.4 is 10.2 Å². The largest absolute Gasteiger partial charge is 0.352 e. The van der Waals surface area contributed by atoms with E-state index in [1.54, 1.807) is 24.3 Å². The Morgan fingerprint density at radius 1 is 0.881 bits per heavy atom. The fourth-order valence-electron chi connectivity index (χ4n) is 6.27. The van der Waals surface area contributed by atoms with Gasteiger partial charge in [0.1, 0.15) is 18.4 Å². The van der Waals surface area contributed by atoms with Gasteiger partial charge in [-0.2, -0.15) is 0 Å². The smallest absolute Gasteiger partial charge is 0.259 e. The zero-order chi connectivity index (χ0) is 29.1. The van der Waals surface area contributed by atoms with Gasteiger partial charge in [-0.3, -0.25) is 19.3 Å². The fourth-order valence-corrected chi connectivity index (χ4v) is 6.27. The van der Waals surface area contributed by atoms with Crippen LogP contribution in [0.15, 0.2) is 91.0 Å². The van der Waals surface area contributed by atoms with Crippen LogP contribution in [0.3, 0.4) is 0 Å². The molecule has 42 heavy (non-hydrogen) atoms. The SMILES string of the molecule is O=C(NC1CCCCC1)[C@@H](Cc1ccccc1)N(Cc1ccccc1F)C(=O)CN1C(=O)c2cccc3cccc1c23. The minimum Gasteiger partial charge on any atom is -0.352 e. The summed E-state index contributed by atoms with van der Waals surface area (Å²) in [6, 6.07) is 26.2. The summed E-state index contributed by atoms with van der Waals surface area (Å²) in [4.78, 5) is 44.7. The molecule has 1 N–H and O–H groups in total. The molecule has 7 heteroatoms. The van der Waals surface area contributed by atoms with Gasteiger partial charge in [0.25, 0.3) is 5.91 Å². The normalized spacial score (nSPS) is 15.5. The Morgan fingerprint density at radius 3 is 2.36 bits per heavy atom. The predicted molar refractivity (Wildman–Crippen MR) is 162 cm³/mol. The van der Waals surface area contributed by atoms with E-state index in [1.165, 1.54) is 15.9 Å². The average Bonchev–Trinajstić information content (AvgIpc) is 3.28. The molecule has 214 valence electrons. The van der Waals surface area contributed by atoms with Gasteiger partial charge in [-0.1, -0.05) is 92.1 Å². The number of hydrogen-bond donors (Lipinski definition) is 1. The van der Waals surface area contributed by atoms with Gasteiger partial charge in [-0.15, -0.1) is 0 Å². The molecule has 1 saturated carbocycles. The molecule has 1 heterocycles. The van der Waals surface area contributed by atoms with E-state index in [4.69, 9.17) is 0 Å². The second kappa shape index (κ2) is 12.1. The van der Waals surface area contributed by atoms with Gasteiger partial charge in [0.05, 0.1) is 5.69 Å². The van der Waals surface area contributed by atoms with E-state index in [9.17, 15) is 18.8 Å². The predicted octanol–water partition coefficient (Wildman–Crippen LogP) is 6.03. The van der Waals surface area contributed by atoms with Crippen molar-refractivity contribution in [3.8, 4) is 0 Å². The molecular formula is C35H34FN3O3. The summed E-state index contributed by atoms with van der Waals surface area (Å²) in [5.74, 6) is -1.38. The van der Waals surface area contributed by atoms with Crippen LogP contribution in [-0.4, -0.2) is 41.2 Å². The first-order valence-electron chi connectivity index (χ1n) is 14.7. The van der Waals surface area contributed by atoms with Crippen LogP contribution in [0.25, 0.3) is 10.8 Å². The number of carbonyl (C=O) groups excluding carboxylic acids is 3. The van der Waals surface area contributed by atoms with E-state index >= 15 is 0 Å². The number of hydrogen-bond acceptors (Lipinski definition) is 3. The molecule has 6 rings (SSSR count). The fraction of sp³-hybridized carbons (Fsp3) is 0.286. The van der Waals surface area contributed by atoms with Crippen LogP contribution in [0.1, 0.15) is 53.6 Å². The van der Waals surface area contributed by atoms with Crippen LogP contribution in [0.5, 0.6) is 0 Å². The van der Waals surface area contributed by atoms with E-state index in [0.717, 1.165) is 48.4 Å². The molecule has 0 saturated heterocycles. The number of anilines is 1. The van der Waals surface area contributed by atoms with Gasteiger partial charge in [-0.05, 0) is 42.0 Å². The van der Waals surface area contributed by atoms with Gasteiger partial charge in [0.15, 0.2) is 0 Å². The molecule has 4 aromatic rings. The third kappa shape index (κ3) is 5.64. The molecule has 0 unspecified atom stereocenters. The molecule has 2 aliphatic rings. The molecule has 0 bridgehead atoms. The number of nitrogens with one attached hydrogen (secondary N) is 1. The molecule has 1 fully saturated rings. The lowest BCUT2D eigenvalue weighted by Gasteiger charge is -2.34. The Kier molecular flexibility index (Phi) is 8.00. The third-order valence-electron chi connectivity index (χ3n) is 8.46. The highest BCUT2D eigenvalue weighted by Crippen LogP contribution is 2.37. The maximum absolute atomic E-state index is 15.0. The number of halogens is 1. The van der Waals surface area contributed by atoms with E-state index < -0.39 is 17.8 Å². The van der Waals surface area contributed by atoms with Crippen molar-refractivity contribution in [2.45, 2.75) is 57.2 Å². The van der Waals surface area contributed by atoms with Gasteiger partial charge >= 0.3 is 0 Å². The first kappa shape index (κ1) is 27.6. The van der Waals surface area contributed by atoms with Crippen molar-refractivity contribution in [2.24, 2.45) is 0 Å². The van der Waals surface area contributed by atoms with Crippen molar-refractivity contribution in [1.82, 2.24) is 10.2 Å². The van der Waals surface area contributed by atoms with E-state index in [0.29, 0.717) is 16.8 Å². The van der Waals surface area contributed by atoms with Gasteiger partial charge in [0, 0.05) is 35.5 Å². The molecular weight excluding hydrogens is 529 g/mol. The summed E-state index contributed by atoms with van der Waals surface area (Å²) < 4.78 is 15.0. The molecule has 1 aliphatic heterocycles. The number of nitrogens with zero attached hydrogens (tertiary/aromatic N) is 2. The maximum atomic E-state index is 15.0. The maximum Gasteiger partial charge on any atom is 0.259 e. The zero-order valence-corrected chi connectivity index (χ0v) is 23.5. The monoisotopic (exact) mass is 563 g/mol. The topological polar surface area (TPSA) is 69.7 Å². The lowest BCUT2D eigenvalue weighted by atomic mass is 9.94. The molecule has 0 aromatic heterocycles. The van der Waals surface area contributed by atoms with Crippen LogP contribution >= 0.6 is 0 Å². The molecule has 0 radical (unpaired) electrons. The average molecular weight is 564 g/mol. The Balaban J connectivity index is 1.35. The number of rotatable bonds is 9. The van der Waals surface area contributed by atoms with Crippen molar-refractivity contribution in [1.29, 1.82) is 0 Å². The number of carbonyl (C=O) groups is 3. The summed E-state index contributed by atoms with van der Waals surface area (Å²) in [7, 11) is 0. The molecule has 4 aromatic carbocycles. The van der Waals surface area contributed by atoms with E-state index in [2.05, 4.69) is 5.32 Å². The van der Waals surface area contributed by atoms with Crippen molar-refractivity contribution in [2.75, 3.05) is 11.4 Å². The quantitative estimate of drug-likeness (QED) is 0.271. The minimum atomic E-state index is -0.891. The Morgan fingerprint density at radius 2 is 1.60 bits per heavy atom. The van der Waals surface area contributed by atoms with Crippen LogP contribution in [0.2, 0.25) is 0 Å². The van der Waals surface area contributed by atoms with Gasteiger partial charge < -0.3 is 10.2 Å². The Labute approximate surface area is 245 Å². The number of benzene rings is 4. The summed E-state index contributed by atoms with van der Waals surface area (Å²) in [5, 5.41) is 4.94. The Bertz CT molecular complexity index is 1610. The van der Waals surface area contributed by atoms with Gasteiger partial charge in [-0.25, -0.2) is 4.39 Å². The number of amides is 3. The highest BCUT2D eigenvalue weighted by atomic mass is 19.1. The molecule has 1 atom stereocenters. The summed E-state index contributed by atoms with van der Waals surface area (Å²) in [6.07, 6.45) is 5.32. The summed E-state index contributed by atoms with van der Waals surface area (Å²) >= 11 is 0. The standard InChI is InChI=1S/C35H34FN3O3/c36-29-19-8-7-13-26(29)22-38(31(21-24-11-3-1-4-12-24)34(41)37-27-16-5-2-6-17-27)32(40)23-39-30-20-10-15-25-14-9-18-28(33(25)30)35(39)42/h1,3-4,7-15,18-20,27,31H,2,5-6,16-17,21-23H2,(H,37,41)/t31-/m1/s1. The molecule has 6 nitrogen and oxygen atoms in total. The van der Waals surface area contributed by atoms with Crippen LogP contribution in [0, 0.1) is 5.82 Å². The van der Waals surface area contributed by atoms with Crippen molar-refractivity contribution in [3.63, 3.8) is 0 Å². The zero-order valence-electron chi connectivity index (χ0n) is 23.5. The van der Waals surface area contributed by atoms with Crippen molar-refractivity contribution >= 4 is 34.2 Å². The van der Waals surface area contributed by atoms with Crippen molar-refractivity contribution < 1.29 is 18.8 Å². The van der Waals surface area contributed by atoms with E-state index in [-0.39, 0.29) is 37.4 Å². The molecule has 3 amide bonds. The third-order valence-corrected chi connectivity index (χ3v) is 8.46. The summed E-state index contributed by atoms with van der Waals surface area (Å²) in [5.41, 5.74) is 2.42. The molecule has 1 aliphatic carbocycles. The second-order valence-electron chi connectivity index (χ2n) is 11.2. The Hall–Kier alpha value is -4.52. The van der Waals surface area contributed by atoms with Crippen LogP contribution in [-0.2, 0) is 22.6 Å². The van der Waals surface area contributed by atoms with Gasteiger partial charge in [0.2, 0.25) is 11.8 Å². The lowest BCUT2D eigenvalue weighted by Crippen LogP contribution is -2.55. The first-order chi connectivity index (χ1) is 20.5. The van der Waals surface area contributed by atoms with E-state index in [1.807, 2.05) is 60.7 Å². The summed E-state index contributed by atoms with van der Waals surface area (Å²) in [6.45, 7) is -0.358. The first-order valence-corrected chi connectivity index (χ1v) is 14.7. The molecule has 0 spiro atoms. The highest BCUT2D eigenvalue weighted by molar-refractivity contribution is 6.26. The second-order valence-corrected chi connectivity index (χ2v) is 11.2. The lowest BCUT2D eigenvalue weighted by molar-refractivity contribution is -0.140. The highest BCUT2D eigenvalue weighted by Gasteiger charge is 2.36.